The van der Waals surface area contributed by atoms with Crippen LogP contribution in [0.3, 0.4) is 0 Å². The maximum absolute atomic E-state index is 4.27. The van der Waals surface area contributed by atoms with Crippen molar-refractivity contribution >= 4 is 91.6 Å². The van der Waals surface area contributed by atoms with Gasteiger partial charge in [-0.3, -0.25) is 0 Å². The Balaban J connectivity index is 4.79. The normalized spacial score (nSPS) is 15.5. The van der Waals surface area contributed by atoms with Crippen molar-refractivity contribution in [2.24, 2.45) is 0 Å². The molecule has 1 rings (SSSR count). The van der Waals surface area contributed by atoms with Gasteiger partial charge in [-0.15, -0.1) is 0 Å². The SMILES string of the molecule is C[Si](C)(C)C(c1cc(C([Si](C)(C)C)([Si](C)(C)C)[Si](C)(C)C)cc(C([Si](C)(C)C)[Si](C)(C)C)c1[Te]Br)[Si](C)(C)C. The monoisotopic (exact) mass is 832 g/mol. The summed E-state index contributed by atoms with van der Waals surface area (Å²) in [5, 5.41) is 1.60. The summed E-state index contributed by atoms with van der Waals surface area (Å²) in [6, 6.07) is 5.85. The van der Waals surface area contributed by atoms with Gasteiger partial charge in [0.25, 0.3) is 0 Å². The average Bonchev–Trinajstić information content (AvgIpc) is 2.52. The van der Waals surface area contributed by atoms with Gasteiger partial charge in [-0.25, -0.2) is 0 Å². The van der Waals surface area contributed by atoms with Gasteiger partial charge in [-0.05, 0) is 0 Å². The van der Waals surface area contributed by atoms with Gasteiger partial charge in [0.2, 0.25) is 0 Å². The van der Waals surface area contributed by atoms with Crippen LogP contribution >= 0.6 is 12.8 Å². The Hall–Kier alpha value is 2.01. The summed E-state index contributed by atoms with van der Waals surface area (Å²) in [5.74, 6) is 0. The molecule has 0 saturated heterocycles. The first-order valence-electron chi connectivity index (χ1n) is 15.2. The molecule has 0 aliphatic rings. The number of hydrogen-bond acceptors (Lipinski definition) is 0. The molecule has 0 spiro atoms. The van der Waals surface area contributed by atoms with E-state index < -0.39 is 75.2 Å². The van der Waals surface area contributed by atoms with E-state index in [2.05, 4.69) is 162 Å². The first kappa shape index (κ1) is 39.0. The van der Waals surface area contributed by atoms with Gasteiger partial charge >= 0.3 is 273 Å². The number of halogens is 1. The van der Waals surface area contributed by atoms with Crippen LogP contribution in [0.5, 0.6) is 0 Å². The first-order valence-corrected chi connectivity index (χ1v) is 46.4. The van der Waals surface area contributed by atoms with E-state index in [4.69, 9.17) is 0 Å². The minimum absolute atomic E-state index is 0.414. The molecule has 1 aromatic carbocycles. The van der Waals surface area contributed by atoms with E-state index in [-0.39, 0.29) is 0 Å². The Bertz CT molecular complexity index is 888. The molecule has 9 heteroatoms. The van der Waals surface area contributed by atoms with Gasteiger partial charge in [-0.1, -0.05) is 0 Å². The van der Waals surface area contributed by atoms with E-state index in [1.54, 1.807) is 0 Å². The van der Waals surface area contributed by atoms with Crippen LogP contribution in [0.1, 0.15) is 27.0 Å². The second-order valence-corrected chi connectivity index (χ2v) is 63.3. The average molecular weight is 832 g/mol. The third-order valence-corrected chi connectivity index (χ3v) is 52.8. The molecule has 0 nitrogen and oxygen atoms in total. The summed E-state index contributed by atoms with van der Waals surface area (Å²) in [6.07, 6.45) is 0. The molecule has 0 heterocycles. The molecule has 0 N–H and O–H groups in total. The fourth-order valence-electron chi connectivity index (χ4n) is 10.5. The molecule has 0 atom stereocenters. The predicted molar refractivity (Wildman–Crippen MR) is 211 cm³/mol. The van der Waals surface area contributed by atoms with Crippen molar-refractivity contribution in [3.63, 3.8) is 0 Å². The molecule has 0 aliphatic carbocycles. The molecule has 0 fully saturated rings. The topological polar surface area (TPSA) is 0 Å². The summed E-state index contributed by atoms with van der Waals surface area (Å²) in [4.78, 5) is 0. The van der Waals surface area contributed by atoms with E-state index >= 15 is 0 Å². The van der Waals surface area contributed by atoms with Gasteiger partial charge in [0.05, 0.1) is 0 Å². The fourth-order valence-corrected chi connectivity index (χ4v) is 71.3. The molecule has 0 saturated carbocycles. The van der Waals surface area contributed by atoms with Gasteiger partial charge in [0.15, 0.2) is 0 Å². The van der Waals surface area contributed by atoms with Crippen LogP contribution in [0.2, 0.25) is 137 Å². The van der Waals surface area contributed by atoms with Crippen LogP contribution in [0, 0.1) is 0 Å². The summed E-state index contributed by atoms with van der Waals surface area (Å²) >= 11 is 3.86. The molecule has 0 amide bonds. The standard InChI is InChI=1S/C30H67BrSi7Te/c1-32(2,3)28(33(4,5)6)25-22-24(30(36(13,14)15,37(16,17)18)38(19,20)21)23-26(27(25)39-31)29(34(7,8)9)35(10,11)12/h22-23,28-29H,1-21H3. The van der Waals surface area contributed by atoms with Crippen molar-refractivity contribution < 1.29 is 0 Å². The predicted octanol–water partition coefficient (Wildman–Crippen LogP) is 10.9. The van der Waals surface area contributed by atoms with Crippen molar-refractivity contribution in [3.05, 3.63) is 28.8 Å². The molecule has 0 radical (unpaired) electrons. The first-order chi connectivity index (χ1) is 16.8. The number of benzene rings is 1. The molecule has 0 unspecified atom stereocenters. The second-order valence-electron chi connectivity index (χ2n) is 19.9. The third-order valence-electron chi connectivity index (χ3n) is 9.12. The van der Waals surface area contributed by atoms with Crippen molar-refractivity contribution in [1.29, 1.82) is 0 Å². The zero-order valence-corrected chi connectivity index (χ0v) is 41.0. The Morgan fingerprint density at radius 3 is 0.872 bits per heavy atom. The van der Waals surface area contributed by atoms with Crippen LogP contribution in [0.15, 0.2) is 12.1 Å². The molecule has 0 aromatic heterocycles. The molecule has 0 bridgehead atoms. The van der Waals surface area contributed by atoms with Crippen LogP contribution in [-0.4, -0.2) is 75.2 Å². The van der Waals surface area contributed by atoms with Crippen LogP contribution in [0.4, 0.5) is 0 Å². The zero-order chi connectivity index (χ0) is 31.6. The molecular formula is C30H67BrSi7Te. The van der Waals surface area contributed by atoms with Crippen LogP contribution < -0.4 is 3.61 Å². The summed E-state index contributed by atoms with van der Waals surface area (Å²) in [5.41, 5.74) is 5.52. The van der Waals surface area contributed by atoms with E-state index in [0.717, 1.165) is 10.3 Å². The summed E-state index contributed by atoms with van der Waals surface area (Å²) in [6.45, 7) is 56.8. The van der Waals surface area contributed by atoms with Gasteiger partial charge in [0.1, 0.15) is 0 Å². The number of hydrogen-bond donors (Lipinski definition) is 0. The zero-order valence-electron chi connectivity index (χ0n) is 30.1. The summed E-state index contributed by atoms with van der Waals surface area (Å²) in [7, 11) is -10.7. The Labute approximate surface area is 270 Å². The molecule has 0 aliphatic heterocycles. The van der Waals surface area contributed by atoms with Gasteiger partial charge in [0, 0.05) is 0 Å². The maximum atomic E-state index is 4.27. The van der Waals surface area contributed by atoms with Crippen molar-refractivity contribution in [2.75, 3.05) is 0 Å². The Morgan fingerprint density at radius 1 is 0.487 bits per heavy atom. The van der Waals surface area contributed by atoms with E-state index in [0.29, 0.717) is 4.28 Å². The van der Waals surface area contributed by atoms with Gasteiger partial charge < -0.3 is 0 Å². The third kappa shape index (κ3) is 8.00. The number of rotatable bonds is 11. The van der Waals surface area contributed by atoms with E-state index in [1.807, 2.05) is 20.3 Å². The van der Waals surface area contributed by atoms with E-state index in [1.165, 1.54) is 0 Å². The van der Waals surface area contributed by atoms with Crippen molar-refractivity contribution in [1.82, 2.24) is 0 Å². The molecule has 228 valence electrons. The molecule has 39 heavy (non-hydrogen) atoms. The minimum atomic E-state index is -1.61. The van der Waals surface area contributed by atoms with Crippen molar-refractivity contribution in [2.45, 2.75) is 152 Å². The van der Waals surface area contributed by atoms with Crippen LogP contribution in [0.25, 0.3) is 0 Å². The molecule has 1 aromatic rings. The quantitative estimate of drug-likeness (QED) is 0.195. The Morgan fingerprint density at radius 2 is 0.718 bits per heavy atom. The Kier molecular flexibility index (Phi) is 12.1. The summed E-state index contributed by atoms with van der Waals surface area (Å²) < 4.78 is 2.26. The van der Waals surface area contributed by atoms with E-state index in [9.17, 15) is 0 Å². The van der Waals surface area contributed by atoms with Gasteiger partial charge in [-0.2, -0.15) is 0 Å². The molecular weight excluding hydrogens is 764 g/mol. The van der Waals surface area contributed by atoms with Crippen LogP contribution in [-0.2, 0) is 4.28 Å². The second kappa shape index (κ2) is 12.1. The fraction of sp³-hybridized carbons (Fsp3) is 0.800. The van der Waals surface area contributed by atoms with Crippen molar-refractivity contribution in [3.8, 4) is 0 Å².